The van der Waals surface area contributed by atoms with Gasteiger partial charge in [-0.2, -0.15) is 12.7 Å². The Morgan fingerprint density at radius 2 is 2.22 bits per heavy atom. The zero-order valence-electron chi connectivity index (χ0n) is 13.7. The number of hydrogen-bond acceptors (Lipinski definition) is 5. The van der Waals surface area contributed by atoms with Gasteiger partial charge < -0.3 is 10.1 Å². The highest BCUT2D eigenvalue weighted by molar-refractivity contribution is 7.87. The van der Waals surface area contributed by atoms with Crippen LogP contribution in [0.1, 0.15) is 25.8 Å². The van der Waals surface area contributed by atoms with Crippen LogP contribution in [-0.4, -0.2) is 56.1 Å². The molecule has 7 nitrogen and oxygen atoms in total. The first-order valence-electron chi connectivity index (χ1n) is 7.96. The fourth-order valence-corrected chi connectivity index (χ4v) is 3.95. The smallest absolute Gasteiger partial charge is 0.279 e. The summed E-state index contributed by atoms with van der Waals surface area (Å²) in [6.45, 7) is 6.48. The summed E-state index contributed by atoms with van der Waals surface area (Å²) in [6.07, 6.45) is 4.22. The first-order chi connectivity index (χ1) is 11.0. The molecule has 0 aromatic carbocycles. The van der Waals surface area contributed by atoms with Crippen molar-refractivity contribution in [1.82, 2.24) is 19.3 Å². The van der Waals surface area contributed by atoms with E-state index < -0.39 is 10.2 Å². The van der Waals surface area contributed by atoms with E-state index in [0.29, 0.717) is 19.7 Å². The molecule has 0 bridgehead atoms. The van der Waals surface area contributed by atoms with Crippen LogP contribution in [0.5, 0.6) is 0 Å². The lowest BCUT2D eigenvalue weighted by atomic mass is 10.2. The maximum Gasteiger partial charge on any atom is 0.279 e. The fraction of sp³-hybridized carbons (Fsp3) is 0.667. The molecule has 1 aliphatic rings. The first kappa shape index (κ1) is 18.3. The molecule has 0 unspecified atom stereocenters. The molecule has 2 atom stereocenters. The minimum Gasteiger partial charge on any atom is -0.375 e. The molecule has 0 radical (unpaired) electrons. The van der Waals surface area contributed by atoms with Gasteiger partial charge in [0.1, 0.15) is 0 Å². The van der Waals surface area contributed by atoms with Crippen molar-refractivity contribution in [3.8, 4) is 0 Å². The topological polar surface area (TPSA) is 83.6 Å². The summed E-state index contributed by atoms with van der Waals surface area (Å²) in [4.78, 5) is 4.05. The third kappa shape index (κ3) is 5.82. The van der Waals surface area contributed by atoms with E-state index in [1.54, 1.807) is 6.20 Å². The zero-order valence-corrected chi connectivity index (χ0v) is 14.6. The maximum atomic E-state index is 12.3. The van der Waals surface area contributed by atoms with Crippen LogP contribution in [-0.2, 0) is 21.5 Å². The standard InChI is InChI=1S/C15H26N4O3S/c1-13-12-22-14(2)11-19(13)23(20,21)18-8-4-7-17-10-15-5-3-6-16-9-15/h3,5-6,9,13-14,17-18H,4,7-8,10-12H2,1-2H3/t13-,14-/m1/s1. The summed E-state index contributed by atoms with van der Waals surface area (Å²) in [5.74, 6) is 0. The van der Waals surface area contributed by atoms with Gasteiger partial charge in [0.25, 0.3) is 10.2 Å². The molecule has 23 heavy (non-hydrogen) atoms. The second-order valence-electron chi connectivity index (χ2n) is 5.85. The Hall–Kier alpha value is -1.06. The maximum absolute atomic E-state index is 12.3. The number of hydrogen-bond donors (Lipinski definition) is 2. The van der Waals surface area contributed by atoms with Crippen LogP contribution < -0.4 is 10.0 Å². The van der Waals surface area contributed by atoms with E-state index in [2.05, 4.69) is 15.0 Å². The summed E-state index contributed by atoms with van der Waals surface area (Å²) in [6, 6.07) is 3.77. The van der Waals surface area contributed by atoms with E-state index in [9.17, 15) is 8.42 Å². The molecule has 1 aromatic rings. The number of nitrogens with zero attached hydrogens (tertiary/aromatic N) is 2. The molecule has 8 heteroatoms. The second kappa shape index (κ2) is 8.70. The van der Waals surface area contributed by atoms with E-state index in [4.69, 9.17) is 4.74 Å². The van der Waals surface area contributed by atoms with Crippen LogP contribution in [0.15, 0.2) is 24.5 Å². The number of pyridine rings is 1. The first-order valence-corrected chi connectivity index (χ1v) is 9.40. The van der Waals surface area contributed by atoms with Gasteiger partial charge in [-0.15, -0.1) is 0 Å². The number of ether oxygens (including phenoxy) is 1. The number of rotatable bonds is 8. The van der Waals surface area contributed by atoms with Crippen molar-refractivity contribution in [2.24, 2.45) is 0 Å². The third-order valence-corrected chi connectivity index (χ3v) is 5.42. The van der Waals surface area contributed by atoms with Crippen molar-refractivity contribution in [3.63, 3.8) is 0 Å². The number of aromatic nitrogens is 1. The summed E-state index contributed by atoms with van der Waals surface area (Å²) in [5.41, 5.74) is 1.12. The third-order valence-electron chi connectivity index (χ3n) is 3.73. The monoisotopic (exact) mass is 342 g/mol. The molecule has 130 valence electrons. The Balaban J connectivity index is 1.66. The average Bonchev–Trinajstić information content (AvgIpc) is 2.54. The lowest BCUT2D eigenvalue weighted by Gasteiger charge is -2.35. The van der Waals surface area contributed by atoms with Crippen LogP contribution in [0.25, 0.3) is 0 Å². The largest absolute Gasteiger partial charge is 0.375 e. The molecule has 1 saturated heterocycles. The normalized spacial score (nSPS) is 23.0. The van der Waals surface area contributed by atoms with Gasteiger partial charge in [0.05, 0.1) is 12.7 Å². The van der Waals surface area contributed by atoms with Gasteiger partial charge in [-0.1, -0.05) is 6.07 Å². The SMILES string of the molecule is C[C@@H]1CN(S(=O)(=O)NCCCNCc2cccnc2)[C@H](C)CO1. The highest BCUT2D eigenvalue weighted by atomic mass is 32.2. The quantitative estimate of drug-likeness (QED) is 0.673. The number of morpholine rings is 1. The van der Waals surface area contributed by atoms with E-state index in [1.807, 2.05) is 32.2 Å². The summed E-state index contributed by atoms with van der Waals surface area (Å²) < 4.78 is 34.3. The Morgan fingerprint density at radius 1 is 1.39 bits per heavy atom. The van der Waals surface area contributed by atoms with Gasteiger partial charge in [-0.05, 0) is 38.4 Å². The minimum atomic E-state index is -3.44. The van der Waals surface area contributed by atoms with Crippen molar-refractivity contribution in [2.75, 3.05) is 26.2 Å². The molecule has 0 saturated carbocycles. The van der Waals surface area contributed by atoms with Gasteiger partial charge >= 0.3 is 0 Å². The molecule has 2 heterocycles. The molecule has 2 rings (SSSR count). The summed E-state index contributed by atoms with van der Waals surface area (Å²) >= 11 is 0. The van der Waals surface area contributed by atoms with Crippen LogP contribution in [0.2, 0.25) is 0 Å². The molecular formula is C15H26N4O3S. The van der Waals surface area contributed by atoms with Crippen molar-refractivity contribution >= 4 is 10.2 Å². The molecule has 2 N–H and O–H groups in total. The van der Waals surface area contributed by atoms with Crippen LogP contribution in [0, 0.1) is 0 Å². The molecule has 0 spiro atoms. The Kier molecular flexibility index (Phi) is 6.91. The van der Waals surface area contributed by atoms with Gasteiger partial charge in [0.15, 0.2) is 0 Å². The molecule has 1 fully saturated rings. The van der Waals surface area contributed by atoms with Gasteiger partial charge in [0, 0.05) is 38.1 Å². The van der Waals surface area contributed by atoms with E-state index in [-0.39, 0.29) is 12.1 Å². The van der Waals surface area contributed by atoms with E-state index in [0.717, 1.165) is 25.1 Å². The van der Waals surface area contributed by atoms with Crippen molar-refractivity contribution in [3.05, 3.63) is 30.1 Å². The molecule has 0 amide bonds. The fourth-order valence-electron chi connectivity index (χ4n) is 2.44. The summed E-state index contributed by atoms with van der Waals surface area (Å²) in [7, 11) is -3.44. The highest BCUT2D eigenvalue weighted by Crippen LogP contribution is 2.14. The van der Waals surface area contributed by atoms with Crippen LogP contribution in [0.4, 0.5) is 0 Å². The molecule has 0 aliphatic carbocycles. The Morgan fingerprint density at radius 3 is 2.96 bits per heavy atom. The van der Waals surface area contributed by atoms with Crippen molar-refractivity contribution in [1.29, 1.82) is 0 Å². The van der Waals surface area contributed by atoms with Gasteiger partial charge in [-0.25, -0.2) is 4.72 Å². The Bertz CT molecular complexity index is 567. The highest BCUT2D eigenvalue weighted by Gasteiger charge is 2.32. The van der Waals surface area contributed by atoms with E-state index >= 15 is 0 Å². The predicted molar refractivity (Wildman–Crippen MR) is 89.1 cm³/mol. The van der Waals surface area contributed by atoms with Crippen LogP contribution in [0.3, 0.4) is 0 Å². The van der Waals surface area contributed by atoms with E-state index in [1.165, 1.54) is 4.31 Å². The molecule has 1 aromatic heterocycles. The molecular weight excluding hydrogens is 316 g/mol. The molecule has 1 aliphatic heterocycles. The summed E-state index contributed by atoms with van der Waals surface area (Å²) in [5, 5.41) is 3.27. The van der Waals surface area contributed by atoms with Crippen LogP contribution >= 0.6 is 0 Å². The van der Waals surface area contributed by atoms with Crippen molar-refractivity contribution in [2.45, 2.75) is 39.0 Å². The van der Waals surface area contributed by atoms with Gasteiger partial charge in [-0.3, -0.25) is 4.98 Å². The van der Waals surface area contributed by atoms with Gasteiger partial charge in [0.2, 0.25) is 0 Å². The zero-order chi connectivity index (χ0) is 16.7. The Labute approximate surface area is 138 Å². The minimum absolute atomic E-state index is 0.0658. The number of nitrogens with one attached hydrogen (secondary N) is 2. The predicted octanol–water partition coefficient (Wildman–Crippen LogP) is 0.505. The van der Waals surface area contributed by atoms with Crippen molar-refractivity contribution < 1.29 is 13.2 Å². The lowest BCUT2D eigenvalue weighted by molar-refractivity contribution is -0.0174. The average molecular weight is 342 g/mol. The lowest BCUT2D eigenvalue weighted by Crippen LogP contribution is -2.54. The second-order valence-corrected chi connectivity index (χ2v) is 7.56.